The highest BCUT2D eigenvalue weighted by molar-refractivity contribution is 6.01. The van der Waals surface area contributed by atoms with E-state index in [4.69, 9.17) is 4.74 Å². The van der Waals surface area contributed by atoms with Gasteiger partial charge in [0.05, 0.1) is 5.56 Å². The molecule has 2 rings (SSSR count). The minimum atomic E-state index is -4.61. The first-order chi connectivity index (χ1) is 10.7. The molecule has 1 saturated heterocycles. The van der Waals surface area contributed by atoms with Gasteiger partial charge in [-0.3, -0.25) is 14.4 Å². The van der Waals surface area contributed by atoms with Crippen LogP contribution in [0.4, 0.5) is 18.0 Å². The van der Waals surface area contributed by atoms with Crippen LogP contribution in [0.25, 0.3) is 0 Å². The van der Waals surface area contributed by atoms with E-state index in [0.717, 1.165) is 12.1 Å². The van der Waals surface area contributed by atoms with Gasteiger partial charge < -0.3 is 4.74 Å². The lowest BCUT2D eigenvalue weighted by Gasteiger charge is -2.19. The predicted octanol–water partition coefficient (Wildman–Crippen LogP) is 2.98. The molecule has 1 aromatic carbocycles. The zero-order valence-electron chi connectivity index (χ0n) is 11.9. The Balaban J connectivity index is 2.08. The molecule has 23 heavy (non-hydrogen) atoms. The minimum Gasteiger partial charge on any atom is -0.425 e. The molecule has 0 N–H and O–H groups in total. The second-order valence-electron chi connectivity index (χ2n) is 4.77. The summed E-state index contributed by atoms with van der Waals surface area (Å²) in [6.45, 7) is 1.22. The Kier molecular flexibility index (Phi) is 4.57. The van der Waals surface area contributed by atoms with Gasteiger partial charge in [-0.1, -0.05) is 23.3 Å². The van der Waals surface area contributed by atoms with Crippen LogP contribution in [-0.4, -0.2) is 23.0 Å². The first kappa shape index (κ1) is 16.8. The molecule has 0 bridgehead atoms. The van der Waals surface area contributed by atoms with Crippen molar-refractivity contribution in [1.82, 2.24) is 5.06 Å². The Labute approximate surface area is 128 Å². The molecule has 1 aromatic rings. The monoisotopic (exact) mass is 331 g/mol. The Hall–Kier alpha value is -2.58. The van der Waals surface area contributed by atoms with E-state index >= 15 is 0 Å². The second-order valence-corrected chi connectivity index (χ2v) is 4.77. The fraction of sp³-hybridized carbons (Fsp3) is 0.357. The molecule has 0 aliphatic carbocycles. The van der Waals surface area contributed by atoms with Crippen LogP contribution in [0.2, 0.25) is 0 Å². The van der Waals surface area contributed by atoms with Crippen LogP contribution < -0.4 is 0 Å². The third-order valence-electron chi connectivity index (χ3n) is 3.15. The van der Waals surface area contributed by atoms with Crippen LogP contribution >= 0.6 is 0 Å². The van der Waals surface area contributed by atoms with Gasteiger partial charge in [-0.05, 0) is 13.0 Å². The van der Waals surface area contributed by atoms with Crippen LogP contribution in [-0.2, 0) is 25.3 Å². The molecular formula is C14H12F3NO5. The smallest absolute Gasteiger partial charge is 0.425 e. The first-order valence-electron chi connectivity index (χ1n) is 6.60. The summed E-state index contributed by atoms with van der Waals surface area (Å²) in [6.07, 6.45) is -7.53. The summed E-state index contributed by atoms with van der Waals surface area (Å²) < 4.78 is 43.4. The molecule has 0 radical (unpaired) electrons. The summed E-state index contributed by atoms with van der Waals surface area (Å²) in [4.78, 5) is 38.6. The number of ether oxygens (including phenoxy) is 1. The van der Waals surface area contributed by atoms with Gasteiger partial charge in [-0.15, -0.1) is 0 Å². The molecule has 0 saturated carbocycles. The summed E-state index contributed by atoms with van der Waals surface area (Å²) in [5, 5.41) is 0.255. The van der Waals surface area contributed by atoms with E-state index in [1.165, 1.54) is 19.1 Å². The van der Waals surface area contributed by atoms with Crippen molar-refractivity contribution >= 4 is 18.0 Å². The van der Waals surface area contributed by atoms with Crippen LogP contribution in [0.3, 0.4) is 0 Å². The number of rotatable bonds is 3. The lowest BCUT2D eigenvalue weighted by Crippen LogP contribution is -2.32. The molecule has 2 amide bonds. The third kappa shape index (κ3) is 3.79. The maximum Gasteiger partial charge on any atom is 0.534 e. The van der Waals surface area contributed by atoms with Gasteiger partial charge in [0.1, 0.15) is 6.10 Å². The topological polar surface area (TPSA) is 72.9 Å². The van der Waals surface area contributed by atoms with Crippen LogP contribution in [0.5, 0.6) is 0 Å². The summed E-state index contributed by atoms with van der Waals surface area (Å²) >= 11 is 0. The number of hydrogen-bond donors (Lipinski definition) is 0. The predicted molar refractivity (Wildman–Crippen MR) is 68.5 cm³/mol. The minimum absolute atomic E-state index is 0.0986. The number of hydroxylamine groups is 2. The molecule has 9 heteroatoms. The van der Waals surface area contributed by atoms with Crippen molar-refractivity contribution in [3.63, 3.8) is 0 Å². The van der Waals surface area contributed by atoms with Crippen molar-refractivity contribution in [3.8, 4) is 0 Å². The molecule has 6 nitrogen and oxygen atoms in total. The molecule has 1 aliphatic rings. The third-order valence-corrected chi connectivity index (χ3v) is 3.15. The van der Waals surface area contributed by atoms with Crippen LogP contribution in [0.15, 0.2) is 24.3 Å². The average Bonchev–Trinajstić information content (AvgIpc) is 2.78. The van der Waals surface area contributed by atoms with Crippen molar-refractivity contribution < 1.29 is 37.1 Å². The lowest BCUT2D eigenvalue weighted by molar-refractivity contribution is -0.178. The number of alkyl halides is 3. The van der Waals surface area contributed by atoms with Crippen molar-refractivity contribution in [2.75, 3.05) is 0 Å². The van der Waals surface area contributed by atoms with Gasteiger partial charge in [-0.25, -0.2) is 4.79 Å². The summed E-state index contributed by atoms with van der Waals surface area (Å²) in [5.74, 6) is -1.43. The van der Waals surface area contributed by atoms with Gasteiger partial charge in [0.25, 0.3) is 11.8 Å². The van der Waals surface area contributed by atoms with Crippen molar-refractivity contribution in [3.05, 3.63) is 35.4 Å². The quantitative estimate of drug-likeness (QED) is 0.629. The SMILES string of the molecule is C[C@@H](OC(=O)ON1C(=O)CCC1=O)c1ccccc1C(F)(F)F. The highest BCUT2D eigenvalue weighted by Crippen LogP contribution is 2.35. The number of hydrogen-bond acceptors (Lipinski definition) is 5. The highest BCUT2D eigenvalue weighted by Gasteiger charge is 2.36. The fourth-order valence-corrected chi connectivity index (χ4v) is 2.07. The van der Waals surface area contributed by atoms with Gasteiger partial charge >= 0.3 is 12.3 Å². The van der Waals surface area contributed by atoms with Crippen LogP contribution in [0.1, 0.15) is 37.0 Å². The van der Waals surface area contributed by atoms with Gasteiger partial charge in [0.15, 0.2) is 0 Å². The Morgan fingerprint density at radius 3 is 2.30 bits per heavy atom. The number of carbonyl (C=O) groups excluding carboxylic acids is 3. The molecule has 1 aliphatic heterocycles. The van der Waals surface area contributed by atoms with E-state index in [1.807, 2.05) is 0 Å². The Morgan fingerprint density at radius 2 is 1.74 bits per heavy atom. The van der Waals surface area contributed by atoms with Gasteiger partial charge in [-0.2, -0.15) is 13.2 Å². The zero-order valence-corrected chi connectivity index (χ0v) is 11.9. The van der Waals surface area contributed by atoms with E-state index in [0.29, 0.717) is 0 Å². The number of halogens is 3. The molecule has 0 aromatic heterocycles. The molecule has 0 unspecified atom stereocenters. The van der Waals surface area contributed by atoms with E-state index in [2.05, 4.69) is 4.84 Å². The molecule has 0 spiro atoms. The maximum atomic E-state index is 12.9. The van der Waals surface area contributed by atoms with Crippen molar-refractivity contribution in [2.45, 2.75) is 32.0 Å². The number of imide groups is 1. The number of carbonyl (C=O) groups is 3. The van der Waals surface area contributed by atoms with E-state index in [9.17, 15) is 27.6 Å². The van der Waals surface area contributed by atoms with Crippen molar-refractivity contribution in [2.24, 2.45) is 0 Å². The maximum absolute atomic E-state index is 12.9. The fourth-order valence-electron chi connectivity index (χ4n) is 2.07. The number of benzene rings is 1. The van der Waals surface area contributed by atoms with E-state index < -0.39 is 35.8 Å². The molecule has 1 fully saturated rings. The van der Waals surface area contributed by atoms with E-state index in [1.54, 1.807) is 0 Å². The molecule has 1 heterocycles. The largest absolute Gasteiger partial charge is 0.534 e. The van der Waals surface area contributed by atoms with Gasteiger partial charge in [0.2, 0.25) is 0 Å². The summed E-state index contributed by atoms with van der Waals surface area (Å²) in [7, 11) is 0. The molecular weight excluding hydrogens is 319 g/mol. The number of amides is 2. The van der Waals surface area contributed by atoms with Gasteiger partial charge in [0, 0.05) is 18.4 Å². The first-order valence-corrected chi connectivity index (χ1v) is 6.60. The summed E-state index contributed by atoms with van der Waals surface area (Å²) in [6, 6.07) is 4.59. The molecule has 124 valence electrons. The normalized spacial score (nSPS) is 16.4. The summed E-state index contributed by atoms with van der Waals surface area (Å²) in [5.41, 5.74) is -1.22. The molecule has 1 atom stereocenters. The van der Waals surface area contributed by atoms with Crippen LogP contribution in [0, 0.1) is 0 Å². The Bertz CT molecular complexity index is 628. The lowest BCUT2D eigenvalue weighted by atomic mass is 10.0. The average molecular weight is 331 g/mol. The number of nitrogens with zero attached hydrogens (tertiary/aromatic N) is 1. The zero-order chi connectivity index (χ0) is 17.2. The standard InChI is InChI=1S/C14H12F3NO5/c1-8(9-4-2-3-5-10(9)14(15,16)17)22-13(21)23-18-11(19)6-7-12(18)20/h2-5,8H,6-7H2,1H3/t8-/m1/s1. The highest BCUT2D eigenvalue weighted by atomic mass is 19.4. The Morgan fingerprint density at radius 1 is 1.17 bits per heavy atom. The van der Waals surface area contributed by atoms with Crippen molar-refractivity contribution in [1.29, 1.82) is 0 Å². The second kappa shape index (κ2) is 6.27. The van der Waals surface area contributed by atoms with E-state index in [-0.39, 0.29) is 23.5 Å².